The number of hydrogen-bond acceptors (Lipinski definition) is 5. The zero-order valence-electron chi connectivity index (χ0n) is 15.5. The number of thiophene rings is 1. The average Bonchev–Trinajstić information content (AvgIpc) is 3.30. The highest BCUT2D eigenvalue weighted by Crippen LogP contribution is 2.22. The third-order valence-corrected chi connectivity index (χ3v) is 6.33. The molecule has 1 N–H and O–H groups in total. The molecule has 3 heterocycles. The van der Waals surface area contributed by atoms with E-state index in [9.17, 15) is 0 Å². The summed E-state index contributed by atoms with van der Waals surface area (Å²) in [5, 5.41) is 10.4. The molecule has 0 spiro atoms. The van der Waals surface area contributed by atoms with Crippen molar-refractivity contribution in [3.63, 3.8) is 0 Å². The molecular weight excluding hydrogens is 477 g/mol. The number of aromatic nitrogens is 1. The predicted octanol–water partition coefficient (Wildman–Crippen LogP) is 3.85. The van der Waals surface area contributed by atoms with Crippen LogP contribution in [0.3, 0.4) is 0 Å². The molecule has 2 aromatic rings. The molecule has 0 amide bonds. The van der Waals surface area contributed by atoms with Crippen LogP contribution in [0.15, 0.2) is 27.9 Å². The van der Waals surface area contributed by atoms with E-state index < -0.39 is 0 Å². The van der Waals surface area contributed by atoms with Crippen LogP contribution in [0.2, 0.25) is 0 Å². The van der Waals surface area contributed by atoms with Gasteiger partial charge in [-0.25, -0.2) is 4.98 Å². The van der Waals surface area contributed by atoms with Gasteiger partial charge in [0.05, 0.1) is 10.0 Å². The lowest BCUT2D eigenvalue weighted by molar-refractivity contribution is 0.373. The molecule has 1 aliphatic rings. The Kier molecular flexibility index (Phi) is 9.13. The summed E-state index contributed by atoms with van der Waals surface area (Å²) in [5.41, 5.74) is 1.14. The highest BCUT2D eigenvalue weighted by Gasteiger charge is 2.19. The third-order valence-electron chi connectivity index (χ3n) is 4.38. The molecule has 144 valence electrons. The number of thiazole rings is 1. The maximum Gasteiger partial charge on any atom is 0.193 e. The molecule has 1 saturated heterocycles. The van der Waals surface area contributed by atoms with Crippen molar-refractivity contribution in [2.45, 2.75) is 26.2 Å². The van der Waals surface area contributed by atoms with E-state index in [1.807, 2.05) is 18.4 Å². The van der Waals surface area contributed by atoms with Gasteiger partial charge in [-0.05, 0) is 43.7 Å². The minimum Gasteiger partial charge on any atom is -0.360 e. The summed E-state index contributed by atoms with van der Waals surface area (Å²) in [7, 11) is 1.88. The predicted molar refractivity (Wildman–Crippen MR) is 125 cm³/mol. The van der Waals surface area contributed by atoms with E-state index in [1.165, 1.54) is 16.4 Å². The van der Waals surface area contributed by atoms with E-state index in [-0.39, 0.29) is 24.0 Å². The van der Waals surface area contributed by atoms with E-state index in [4.69, 9.17) is 0 Å². The Morgan fingerprint density at radius 3 is 2.65 bits per heavy atom. The molecule has 0 aliphatic carbocycles. The van der Waals surface area contributed by atoms with Gasteiger partial charge in [0, 0.05) is 50.8 Å². The molecule has 26 heavy (non-hydrogen) atoms. The lowest BCUT2D eigenvalue weighted by atomic mass is 10.2. The first-order valence-corrected chi connectivity index (χ1v) is 10.7. The Balaban J connectivity index is 0.00000243. The number of unbranched alkanes of at least 4 members (excludes halogenated alkanes) is 1. The van der Waals surface area contributed by atoms with Gasteiger partial charge in [0.2, 0.25) is 0 Å². The van der Waals surface area contributed by atoms with Crippen molar-refractivity contribution in [1.82, 2.24) is 15.2 Å². The maximum atomic E-state index is 4.52. The van der Waals surface area contributed by atoms with E-state index in [2.05, 4.69) is 54.9 Å². The fourth-order valence-corrected chi connectivity index (χ4v) is 4.64. The first-order valence-electron chi connectivity index (χ1n) is 8.91. The Bertz CT molecular complexity index is 663. The van der Waals surface area contributed by atoms with Gasteiger partial charge in [-0.3, -0.25) is 4.99 Å². The van der Waals surface area contributed by atoms with Gasteiger partial charge in [-0.1, -0.05) is 0 Å². The number of aliphatic imine (C=N–C) groups is 1. The van der Waals surface area contributed by atoms with Crippen LogP contribution in [0, 0.1) is 6.92 Å². The van der Waals surface area contributed by atoms with Crippen molar-refractivity contribution in [1.29, 1.82) is 0 Å². The molecule has 0 unspecified atom stereocenters. The van der Waals surface area contributed by atoms with Gasteiger partial charge >= 0.3 is 0 Å². The number of nitrogens with zero attached hydrogens (tertiary/aromatic N) is 4. The first kappa shape index (κ1) is 21.4. The first-order chi connectivity index (χ1) is 12.3. The summed E-state index contributed by atoms with van der Waals surface area (Å²) in [6.45, 7) is 7.20. The van der Waals surface area contributed by atoms with Crippen LogP contribution in [-0.4, -0.2) is 55.6 Å². The number of hydrogen-bond donors (Lipinski definition) is 1. The lowest BCUT2D eigenvalue weighted by Gasteiger charge is -2.37. The monoisotopic (exact) mass is 505 g/mol. The maximum absolute atomic E-state index is 4.52. The van der Waals surface area contributed by atoms with Gasteiger partial charge in [0.1, 0.15) is 0 Å². The summed E-state index contributed by atoms with van der Waals surface area (Å²) in [4.78, 5) is 13.8. The quantitative estimate of drug-likeness (QED) is 0.281. The Morgan fingerprint density at radius 1 is 1.23 bits per heavy atom. The minimum atomic E-state index is 0. The SMILES string of the molecule is CN=C(NCCCCc1nc(C)cs1)N1CCN(c2cccs2)CC1.I. The average molecular weight is 505 g/mol. The zero-order valence-corrected chi connectivity index (χ0v) is 19.4. The summed E-state index contributed by atoms with van der Waals surface area (Å²) >= 11 is 3.59. The number of piperazine rings is 1. The standard InChI is InChI=1S/C18H27N5S2.HI/c1-15-14-25-16(21-15)6-3-4-8-20-18(19-2)23-11-9-22(10-12-23)17-7-5-13-24-17;/h5,7,13-14H,3-4,6,8-12H2,1-2H3,(H,19,20);1H. The fourth-order valence-electron chi connectivity index (χ4n) is 3.04. The molecule has 0 saturated carbocycles. The van der Waals surface area contributed by atoms with Crippen LogP contribution in [-0.2, 0) is 6.42 Å². The molecule has 1 aliphatic heterocycles. The van der Waals surface area contributed by atoms with Crippen LogP contribution in [0.1, 0.15) is 23.5 Å². The normalized spacial score (nSPS) is 15.1. The molecule has 0 atom stereocenters. The van der Waals surface area contributed by atoms with Crippen molar-refractivity contribution in [3.05, 3.63) is 33.6 Å². The molecule has 0 bridgehead atoms. The number of anilines is 1. The molecular formula is C18H28IN5S2. The van der Waals surface area contributed by atoms with Crippen LogP contribution in [0.5, 0.6) is 0 Å². The highest BCUT2D eigenvalue weighted by atomic mass is 127. The molecule has 1 fully saturated rings. The van der Waals surface area contributed by atoms with Gasteiger partial charge in [-0.2, -0.15) is 0 Å². The lowest BCUT2D eigenvalue weighted by Crippen LogP contribution is -2.52. The van der Waals surface area contributed by atoms with E-state index in [0.717, 1.165) is 57.2 Å². The Morgan fingerprint density at radius 2 is 2.04 bits per heavy atom. The van der Waals surface area contributed by atoms with Crippen molar-refractivity contribution in [2.75, 3.05) is 44.7 Å². The second-order valence-electron chi connectivity index (χ2n) is 6.24. The smallest absolute Gasteiger partial charge is 0.193 e. The van der Waals surface area contributed by atoms with Crippen LogP contribution in [0.25, 0.3) is 0 Å². The zero-order chi connectivity index (χ0) is 17.5. The van der Waals surface area contributed by atoms with Crippen LogP contribution < -0.4 is 10.2 Å². The Labute approximate surface area is 181 Å². The van der Waals surface area contributed by atoms with Crippen molar-refractivity contribution < 1.29 is 0 Å². The third kappa shape index (κ3) is 6.09. The molecule has 0 radical (unpaired) electrons. The molecule has 5 nitrogen and oxygen atoms in total. The van der Waals surface area contributed by atoms with Crippen molar-refractivity contribution in [2.24, 2.45) is 4.99 Å². The van der Waals surface area contributed by atoms with Gasteiger partial charge < -0.3 is 15.1 Å². The van der Waals surface area contributed by atoms with E-state index >= 15 is 0 Å². The number of rotatable bonds is 6. The summed E-state index contributed by atoms with van der Waals surface area (Å²) in [6.07, 6.45) is 3.40. The van der Waals surface area contributed by atoms with Crippen LogP contribution >= 0.6 is 46.7 Å². The van der Waals surface area contributed by atoms with Gasteiger partial charge in [0.25, 0.3) is 0 Å². The summed E-state index contributed by atoms with van der Waals surface area (Å²) in [5.74, 6) is 1.04. The topological polar surface area (TPSA) is 43.8 Å². The van der Waals surface area contributed by atoms with Crippen molar-refractivity contribution >= 4 is 57.6 Å². The van der Waals surface area contributed by atoms with E-state index in [0.29, 0.717) is 0 Å². The molecule has 8 heteroatoms. The van der Waals surface area contributed by atoms with Gasteiger partial charge in [-0.15, -0.1) is 46.7 Å². The largest absolute Gasteiger partial charge is 0.360 e. The van der Waals surface area contributed by atoms with Crippen LogP contribution in [0.4, 0.5) is 5.00 Å². The number of aryl methyl sites for hydroxylation is 2. The molecule has 0 aromatic carbocycles. The minimum absolute atomic E-state index is 0. The Hall–Kier alpha value is -0.870. The van der Waals surface area contributed by atoms with Crippen molar-refractivity contribution in [3.8, 4) is 0 Å². The second-order valence-corrected chi connectivity index (χ2v) is 8.11. The van der Waals surface area contributed by atoms with E-state index in [1.54, 1.807) is 11.3 Å². The summed E-state index contributed by atoms with van der Waals surface area (Å²) in [6, 6.07) is 4.33. The number of guanidine groups is 1. The fraction of sp³-hybridized carbons (Fsp3) is 0.556. The number of halogens is 1. The highest BCUT2D eigenvalue weighted by molar-refractivity contribution is 14.0. The summed E-state index contributed by atoms with van der Waals surface area (Å²) < 4.78 is 0. The second kappa shape index (κ2) is 11.1. The molecule has 2 aromatic heterocycles. The molecule has 3 rings (SSSR count). The number of nitrogens with one attached hydrogen (secondary N) is 1. The van der Waals surface area contributed by atoms with Gasteiger partial charge in [0.15, 0.2) is 5.96 Å².